The maximum atomic E-state index is 5.45. The minimum Gasteiger partial charge on any atom is -0.388 e. The van der Waals surface area contributed by atoms with Crippen LogP contribution in [0.2, 0.25) is 0 Å². The first-order chi connectivity index (χ1) is 7.69. The summed E-state index contributed by atoms with van der Waals surface area (Å²) in [4.78, 5) is 10.7. The van der Waals surface area contributed by atoms with E-state index in [4.69, 9.17) is 22.7 Å². The maximum absolute atomic E-state index is 5.45. The minimum atomic E-state index is 0.263. The Morgan fingerprint density at radius 1 is 1.50 bits per heavy atom. The monoisotopic (exact) mass is 240 g/mol. The maximum Gasteiger partial charge on any atom is 0.147 e. The van der Waals surface area contributed by atoms with E-state index < -0.39 is 0 Å². The molecule has 0 radical (unpaired) electrons. The second kappa shape index (κ2) is 6.34. The summed E-state index contributed by atoms with van der Waals surface area (Å²) in [5.74, 6) is 0.805. The third-order valence-corrected chi connectivity index (χ3v) is 2.37. The lowest BCUT2D eigenvalue weighted by atomic mass is 10.4. The summed E-state index contributed by atoms with van der Waals surface area (Å²) in [7, 11) is 1.68. The molecule has 16 heavy (non-hydrogen) atoms. The van der Waals surface area contributed by atoms with E-state index in [-0.39, 0.29) is 4.99 Å². The van der Waals surface area contributed by atoms with E-state index in [1.54, 1.807) is 19.5 Å². The molecule has 6 heteroatoms. The quantitative estimate of drug-likeness (QED) is 0.734. The third-order valence-electron chi connectivity index (χ3n) is 2.16. The lowest BCUT2D eigenvalue weighted by Gasteiger charge is -2.20. The fourth-order valence-corrected chi connectivity index (χ4v) is 1.35. The summed E-state index contributed by atoms with van der Waals surface area (Å²) >= 11 is 4.81. The standard InChI is InChI=1S/C10H16N4OS/c1-3-14(4-5-15-2)9-7-12-8(6-13-9)10(11)16/h6-7H,3-5H2,1-2H3,(H2,11,16). The summed E-state index contributed by atoms with van der Waals surface area (Å²) in [6.45, 7) is 4.35. The Morgan fingerprint density at radius 3 is 2.69 bits per heavy atom. The van der Waals surface area contributed by atoms with Gasteiger partial charge in [-0.05, 0) is 6.92 Å². The van der Waals surface area contributed by atoms with Crippen molar-refractivity contribution in [3.8, 4) is 0 Å². The van der Waals surface area contributed by atoms with Crippen LogP contribution in [0.5, 0.6) is 0 Å². The van der Waals surface area contributed by atoms with Crippen molar-refractivity contribution in [2.45, 2.75) is 6.92 Å². The van der Waals surface area contributed by atoms with Crippen LogP contribution in [0.15, 0.2) is 12.4 Å². The second-order valence-corrected chi connectivity index (χ2v) is 3.64. The molecule has 0 unspecified atom stereocenters. The van der Waals surface area contributed by atoms with E-state index in [9.17, 15) is 0 Å². The highest BCUT2D eigenvalue weighted by Gasteiger charge is 2.06. The Labute approximate surface area is 101 Å². The highest BCUT2D eigenvalue weighted by Crippen LogP contribution is 2.08. The molecule has 1 rings (SSSR count). The number of methoxy groups -OCH3 is 1. The summed E-state index contributed by atoms with van der Waals surface area (Å²) < 4.78 is 5.03. The molecule has 0 atom stereocenters. The summed E-state index contributed by atoms with van der Waals surface area (Å²) in [6, 6.07) is 0. The fraction of sp³-hybridized carbons (Fsp3) is 0.500. The van der Waals surface area contributed by atoms with Gasteiger partial charge in [0.2, 0.25) is 0 Å². The van der Waals surface area contributed by atoms with Gasteiger partial charge in [-0.3, -0.25) is 0 Å². The lowest BCUT2D eigenvalue weighted by Crippen LogP contribution is -2.28. The van der Waals surface area contributed by atoms with Crippen LogP contribution in [0.3, 0.4) is 0 Å². The normalized spacial score (nSPS) is 10.1. The number of thiocarbonyl (C=S) groups is 1. The van der Waals surface area contributed by atoms with Crippen molar-refractivity contribution in [3.63, 3.8) is 0 Å². The Morgan fingerprint density at radius 2 is 2.25 bits per heavy atom. The third kappa shape index (κ3) is 3.39. The van der Waals surface area contributed by atoms with Crippen LogP contribution < -0.4 is 10.6 Å². The van der Waals surface area contributed by atoms with Crippen molar-refractivity contribution in [1.82, 2.24) is 9.97 Å². The van der Waals surface area contributed by atoms with Crippen LogP contribution in [0, 0.1) is 0 Å². The average molecular weight is 240 g/mol. The molecule has 1 aromatic heterocycles. The van der Waals surface area contributed by atoms with Gasteiger partial charge in [0.05, 0.1) is 19.0 Å². The molecule has 0 aliphatic rings. The van der Waals surface area contributed by atoms with Gasteiger partial charge in [0, 0.05) is 20.2 Å². The molecule has 0 bridgehead atoms. The summed E-state index contributed by atoms with van der Waals surface area (Å²) in [5.41, 5.74) is 5.99. The van der Waals surface area contributed by atoms with Gasteiger partial charge in [-0.2, -0.15) is 0 Å². The number of rotatable bonds is 6. The Kier molecular flexibility index (Phi) is 5.07. The number of likely N-dealkylation sites (N-methyl/N-ethyl adjacent to an activating group) is 1. The first-order valence-corrected chi connectivity index (χ1v) is 5.45. The topological polar surface area (TPSA) is 64.3 Å². The molecule has 0 saturated heterocycles. The Hall–Kier alpha value is -1.27. The van der Waals surface area contributed by atoms with Crippen LogP contribution in [-0.2, 0) is 4.74 Å². The SMILES string of the molecule is CCN(CCOC)c1cnc(C(N)=S)cn1. The van der Waals surface area contributed by atoms with Crippen LogP contribution in [0.25, 0.3) is 0 Å². The van der Waals surface area contributed by atoms with Crippen LogP contribution >= 0.6 is 12.2 Å². The molecule has 0 fully saturated rings. The van der Waals surface area contributed by atoms with Gasteiger partial charge in [-0.1, -0.05) is 12.2 Å². The predicted octanol–water partition coefficient (Wildman–Crippen LogP) is 0.584. The number of nitrogens with two attached hydrogens (primary N) is 1. The van der Waals surface area contributed by atoms with E-state index in [0.717, 1.165) is 18.9 Å². The Bertz CT molecular complexity index is 341. The largest absolute Gasteiger partial charge is 0.388 e. The zero-order valence-corrected chi connectivity index (χ0v) is 10.3. The van der Waals surface area contributed by atoms with Gasteiger partial charge in [-0.15, -0.1) is 0 Å². The number of hydrogen-bond donors (Lipinski definition) is 1. The van der Waals surface area contributed by atoms with Gasteiger partial charge < -0.3 is 15.4 Å². The smallest absolute Gasteiger partial charge is 0.147 e. The fourth-order valence-electron chi connectivity index (χ4n) is 1.25. The first kappa shape index (κ1) is 12.8. The van der Waals surface area contributed by atoms with Crippen LogP contribution in [0.1, 0.15) is 12.6 Å². The highest BCUT2D eigenvalue weighted by molar-refractivity contribution is 7.80. The molecule has 0 aliphatic carbocycles. The van der Waals surface area contributed by atoms with Gasteiger partial charge in [0.1, 0.15) is 16.5 Å². The second-order valence-electron chi connectivity index (χ2n) is 3.20. The summed E-state index contributed by atoms with van der Waals surface area (Å²) in [5, 5.41) is 0. The number of aromatic nitrogens is 2. The molecule has 2 N–H and O–H groups in total. The van der Waals surface area contributed by atoms with Crippen molar-refractivity contribution in [1.29, 1.82) is 0 Å². The highest BCUT2D eigenvalue weighted by atomic mass is 32.1. The van der Waals surface area contributed by atoms with Gasteiger partial charge in [0.15, 0.2) is 0 Å². The number of anilines is 1. The van der Waals surface area contributed by atoms with Gasteiger partial charge in [0.25, 0.3) is 0 Å². The first-order valence-electron chi connectivity index (χ1n) is 5.04. The molecular formula is C10H16N4OS. The van der Waals surface area contributed by atoms with Crippen molar-refractivity contribution >= 4 is 23.0 Å². The van der Waals surface area contributed by atoms with Gasteiger partial charge in [-0.25, -0.2) is 9.97 Å². The molecule has 0 aliphatic heterocycles. The van der Waals surface area contributed by atoms with Gasteiger partial charge >= 0.3 is 0 Å². The van der Waals surface area contributed by atoms with Crippen molar-refractivity contribution in [3.05, 3.63) is 18.1 Å². The van der Waals surface area contributed by atoms with Crippen molar-refractivity contribution in [2.75, 3.05) is 31.7 Å². The minimum absolute atomic E-state index is 0.263. The van der Waals surface area contributed by atoms with E-state index in [1.165, 1.54) is 0 Å². The van der Waals surface area contributed by atoms with E-state index >= 15 is 0 Å². The molecule has 0 saturated carbocycles. The van der Waals surface area contributed by atoms with E-state index in [2.05, 4.69) is 21.8 Å². The van der Waals surface area contributed by atoms with E-state index in [0.29, 0.717) is 12.3 Å². The van der Waals surface area contributed by atoms with E-state index in [1.807, 2.05) is 0 Å². The zero-order chi connectivity index (χ0) is 12.0. The summed E-state index contributed by atoms with van der Waals surface area (Å²) in [6.07, 6.45) is 3.26. The van der Waals surface area contributed by atoms with Crippen LogP contribution in [-0.4, -0.2) is 41.8 Å². The van der Waals surface area contributed by atoms with Crippen molar-refractivity contribution < 1.29 is 4.74 Å². The molecular weight excluding hydrogens is 224 g/mol. The zero-order valence-electron chi connectivity index (χ0n) is 9.51. The van der Waals surface area contributed by atoms with Crippen LogP contribution in [0.4, 0.5) is 5.82 Å². The predicted molar refractivity (Wildman–Crippen MR) is 67.7 cm³/mol. The molecule has 1 heterocycles. The molecule has 5 nitrogen and oxygen atoms in total. The molecule has 0 amide bonds. The molecule has 0 spiro atoms. The molecule has 88 valence electrons. The number of ether oxygens (including phenoxy) is 1. The molecule has 1 aromatic rings. The molecule has 0 aromatic carbocycles. The van der Waals surface area contributed by atoms with Crippen molar-refractivity contribution in [2.24, 2.45) is 5.73 Å². The Balaban J connectivity index is 2.74. The number of nitrogens with zero attached hydrogens (tertiary/aromatic N) is 3. The lowest BCUT2D eigenvalue weighted by molar-refractivity contribution is 0.205. The number of hydrogen-bond acceptors (Lipinski definition) is 5. The average Bonchev–Trinajstić information content (AvgIpc) is 2.30.